The van der Waals surface area contributed by atoms with Crippen LogP contribution < -0.4 is 5.32 Å². The van der Waals surface area contributed by atoms with Crippen molar-refractivity contribution >= 4 is 11.3 Å². The maximum absolute atomic E-state index is 13.0. The van der Waals surface area contributed by atoms with Gasteiger partial charge in [-0.15, -0.1) is 11.3 Å². The first-order valence-corrected chi connectivity index (χ1v) is 7.24. The van der Waals surface area contributed by atoms with E-state index in [1.807, 2.05) is 26.1 Å². The Kier molecular flexibility index (Phi) is 4.66. The third-order valence-electron chi connectivity index (χ3n) is 3.29. The first-order valence-electron chi connectivity index (χ1n) is 6.43. The SMILES string of the molecule is CNCC(Cc1nc(C)c(C)s1)c1ccc(F)cc1. The van der Waals surface area contributed by atoms with E-state index in [9.17, 15) is 4.39 Å². The number of benzene rings is 1. The minimum Gasteiger partial charge on any atom is -0.319 e. The van der Waals surface area contributed by atoms with Crippen LogP contribution in [-0.4, -0.2) is 18.6 Å². The van der Waals surface area contributed by atoms with E-state index >= 15 is 0 Å². The molecular formula is C15H19FN2S. The minimum absolute atomic E-state index is 0.187. The van der Waals surface area contributed by atoms with Crippen LogP contribution >= 0.6 is 11.3 Å². The molecule has 19 heavy (non-hydrogen) atoms. The summed E-state index contributed by atoms with van der Waals surface area (Å²) in [4.78, 5) is 5.87. The largest absolute Gasteiger partial charge is 0.319 e. The van der Waals surface area contributed by atoms with Gasteiger partial charge in [0.15, 0.2) is 0 Å². The number of thiazole rings is 1. The Hall–Kier alpha value is -1.26. The molecule has 2 nitrogen and oxygen atoms in total. The van der Waals surface area contributed by atoms with E-state index in [1.165, 1.54) is 17.0 Å². The summed E-state index contributed by atoms with van der Waals surface area (Å²) in [6.07, 6.45) is 0.895. The Labute approximate surface area is 117 Å². The van der Waals surface area contributed by atoms with E-state index in [1.54, 1.807) is 11.3 Å². The van der Waals surface area contributed by atoms with Crippen molar-refractivity contribution in [2.45, 2.75) is 26.2 Å². The van der Waals surface area contributed by atoms with Gasteiger partial charge >= 0.3 is 0 Å². The highest BCUT2D eigenvalue weighted by molar-refractivity contribution is 7.11. The number of likely N-dealkylation sites (N-methyl/N-ethyl adjacent to an activating group) is 1. The lowest BCUT2D eigenvalue weighted by atomic mass is 9.96. The molecule has 0 amide bonds. The van der Waals surface area contributed by atoms with Gasteiger partial charge in [0.05, 0.1) is 10.7 Å². The third-order valence-corrected chi connectivity index (χ3v) is 4.38. The average molecular weight is 278 g/mol. The number of nitrogens with one attached hydrogen (secondary N) is 1. The zero-order valence-corrected chi connectivity index (χ0v) is 12.4. The Morgan fingerprint density at radius 2 is 1.95 bits per heavy atom. The number of halogens is 1. The van der Waals surface area contributed by atoms with Gasteiger partial charge in [-0.3, -0.25) is 0 Å². The predicted molar refractivity (Wildman–Crippen MR) is 78.4 cm³/mol. The quantitative estimate of drug-likeness (QED) is 0.906. The summed E-state index contributed by atoms with van der Waals surface area (Å²) in [5.74, 6) is 0.142. The number of nitrogens with zero attached hydrogens (tertiary/aromatic N) is 1. The monoisotopic (exact) mass is 278 g/mol. The lowest BCUT2D eigenvalue weighted by Crippen LogP contribution is -2.19. The molecule has 0 aliphatic carbocycles. The number of hydrogen-bond donors (Lipinski definition) is 1. The second-order valence-electron chi connectivity index (χ2n) is 4.76. The topological polar surface area (TPSA) is 24.9 Å². The average Bonchev–Trinajstić information content (AvgIpc) is 2.69. The van der Waals surface area contributed by atoms with Crippen molar-refractivity contribution in [2.24, 2.45) is 0 Å². The summed E-state index contributed by atoms with van der Waals surface area (Å²) in [5, 5.41) is 4.36. The van der Waals surface area contributed by atoms with Crippen LogP contribution in [0, 0.1) is 19.7 Å². The van der Waals surface area contributed by atoms with Gasteiger partial charge in [-0.2, -0.15) is 0 Å². The molecule has 1 aromatic carbocycles. The molecule has 2 aromatic rings. The van der Waals surface area contributed by atoms with E-state index in [0.29, 0.717) is 5.92 Å². The fourth-order valence-corrected chi connectivity index (χ4v) is 3.14. The van der Waals surface area contributed by atoms with Gasteiger partial charge in [0.1, 0.15) is 5.82 Å². The third kappa shape index (κ3) is 3.61. The molecule has 1 aromatic heterocycles. The Morgan fingerprint density at radius 1 is 1.26 bits per heavy atom. The van der Waals surface area contributed by atoms with Crippen LogP contribution in [0.2, 0.25) is 0 Å². The van der Waals surface area contributed by atoms with Crippen LogP contribution in [0.25, 0.3) is 0 Å². The molecule has 1 N–H and O–H groups in total. The van der Waals surface area contributed by atoms with Crippen LogP contribution in [-0.2, 0) is 6.42 Å². The number of hydrogen-bond acceptors (Lipinski definition) is 3. The molecule has 0 aliphatic rings. The van der Waals surface area contributed by atoms with Crippen molar-refractivity contribution in [3.63, 3.8) is 0 Å². The first-order chi connectivity index (χ1) is 9.10. The Balaban J connectivity index is 2.18. The Morgan fingerprint density at radius 3 is 2.47 bits per heavy atom. The first kappa shape index (κ1) is 14.2. The molecule has 0 bridgehead atoms. The van der Waals surface area contributed by atoms with Crippen LogP contribution in [0.3, 0.4) is 0 Å². The zero-order valence-electron chi connectivity index (χ0n) is 11.5. The summed E-state index contributed by atoms with van der Waals surface area (Å²) >= 11 is 1.75. The maximum atomic E-state index is 13.0. The van der Waals surface area contributed by atoms with Crippen molar-refractivity contribution in [3.05, 3.63) is 51.2 Å². The second-order valence-corrected chi connectivity index (χ2v) is 6.05. The number of aryl methyl sites for hydroxylation is 2. The summed E-state index contributed by atoms with van der Waals surface area (Å²) < 4.78 is 13.0. The summed E-state index contributed by atoms with van der Waals surface area (Å²) in [6, 6.07) is 6.78. The molecule has 0 saturated carbocycles. The van der Waals surface area contributed by atoms with Gasteiger partial charge in [-0.25, -0.2) is 9.37 Å². The van der Waals surface area contributed by atoms with Gasteiger partial charge in [0, 0.05) is 23.8 Å². The van der Waals surface area contributed by atoms with Crippen LogP contribution in [0.1, 0.15) is 27.1 Å². The summed E-state index contributed by atoms with van der Waals surface area (Å²) in [5.41, 5.74) is 2.27. The molecule has 1 heterocycles. The lowest BCUT2D eigenvalue weighted by molar-refractivity contribution is 0.610. The fraction of sp³-hybridized carbons (Fsp3) is 0.400. The highest BCUT2D eigenvalue weighted by Crippen LogP contribution is 2.25. The van der Waals surface area contributed by atoms with Gasteiger partial charge in [0.2, 0.25) is 0 Å². The van der Waals surface area contributed by atoms with Gasteiger partial charge in [-0.1, -0.05) is 12.1 Å². The highest BCUT2D eigenvalue weighted by Gasteiger charge is 2.14. The molecule has 102 valence electrons. The molecule has 0 fully saturated rings. The summed E-state index contributed by atoms with van der Waals surface area (Å²) in [6.45, 7) is 5.01. The molecule has 0 spiro atoms. The van der Waals surface area contributed by atoms with E-state index in [-0.39, 0.29) is 5.82 Å². The molecule has 0 saturated heterocycles. The van der Waals surface area contributed by atoms with E-state index < -0.39 is 0 Å². The Bertz CT molecular complexity index is 514. The maximum Gasteiger partial charge on any atom is 0.123 e. The van der Waals surface area contributed by atoms with Crippen LogP contribution in [0.15, 0.2) is 24.3 Å². The molecule has 0 radical (unpaired) electrons. The van der Waals surface area contributed by atoms with Crippen LogP contribution in [0.4, 0.5) is 4.39 Å². The normalized spacial score (nSPS) is 12.6. The standard InChI is InChI=1S/C15H19FN2S/c1-10-11(2)19-15(18-10)8-13(9-17-3)12-4-6-14(16)7-5-12/h4-7,13,17H,8-9H2,1-3H3. The van der Waals surface area contributed by atoms with Crippen molar-refractivity contribution in [1.29, 1.82) is 0 Å². The van der Waals surface area contributed by atoms with E-state index in [2.05, 4.69) is 17.2 Å². The zero-order chi connectivity index (χ0) is 13.8. The molecule has 1 atom stereocenters. The predicted octanol–water partition coefficient (Wildman–Crippen LogP) is 3.44. The van der Waals surface area contributed by atoms with Crippen molar-refractivity contribution < 1.29 is 4.39 Å². The summed E-state index contributed by atoms with van der Waals surface area (Å²) in [7, 11) is 1.94. The van der Waals surface area contributed by atoms with Crippen LogP contribution in [0.5, 0.6) is 0 Å². The number of rotatable bonds is 5. The molecule has 1 unspecified atom stereocenters. The highest BCUT2D eigenvalue weighted by atomic mass is 32.1. The van der Waals surface area contributed by atoms with Gasteiger partial charge < -0.3 is 5.32 Å². The fourth-order valence-electron chi connectivity index (χ4n) is 2.13. The van der Waals surface area contributed by atoms with Crippen molar-refractivity contribution in [2.75, 3.05) is 13.6 Å². The molecule has 0 aliphatic heterocycles. The minimum atomic E-state index is -0.187. The lowest BCUT2D eigenvalue weighted by Gasteiger charge is -2.15. The number of aromatic nitrogens is 1. The van der Waals surface area contributed by atoms with Crippen molar-refractivity contribution in [3.8, 4) is 0 Å². The van der Waals surface area contributed by atoms with E-state index in [0.717, 1.165) is 29.2 Å². The molecule has 4 heteroatoms. The molecule has 2 rings (SSSR count). The molecular weight excluding hydrogens is 259 g/mol. The van der Waals surface area contributed by atoms with E-state index in [4.69, 9.17) is 0 Å². The van der Waals surface area contributed by atoms with Crippen molar-refractivity contribution in [1.82, 2.24) is 10.3 Å². The smallest absolute Gasteiger partial charge is 0.123 e. The second kappa shape index (κ2) is 6.26. The van der Waals surface area contributed by atoms with Gasteiger partial charge in [0.25, 0.3) is 0 Å². The van der Waals surface area contributed by atoms with Gasteiger partial charge in [-0.05, 0) is 38.6 Å².